The lowest BCUT2D eigenvalue weighted by Gasteiger charge is -2.30. The molecule has 1 saturated carbocycles. The zero-order chi connectivity index (χ0) is 10.1. The molecule has 14 heavy (non-hydrogen) atoms. The minimum absolute atomic E-state index is 0.630. The van der Waals surface area contributed by atoms with Crippen LogP contribution in [-0.2, 0) is 6.42 Å². The predicted octanol–water partition coefficient (Wildman–Crippen LogP) is 4.86. The standard InChI is InChI=1S/C12H17BrS/c1-3-9-7-8(2)14-12(9)11(13)10-5-4-6-10/h7,10-11H,3-6H2,1-2H3. The summed E-state index contributed by atoms with van der Waals surface area (Å²) in [5.41, 5.74) is 1.56. The van der Waals surface area contributed by atoms with E-state index in [2.05, 4.69) is 35.8 Å². The molecule has 0 saturated heterocycles. The maximum atomic E-state index is 3.88. The Bertz CT molecular complexity index is 312. The van der Waals surface area contributed by atoms with Crippen LogP contribution in [0.3, 0.4) is 0 Å². The van der Waals surface area contributed by atoms with Gasteiger partial charge in [0, 0.05) is 9.75 Å². The largest absolute Gasteiger partial charge is 0.144 e. The lowest BCUT2D eigenvalue weighted by molar-refractivity contribution is 0.313. The highest BCUT2D eigenvalue weighted by molar-refractivity contribution is 9.09. The van der Waals surface area contributed by atoms with Gasteiger partial charge in [0.15, 0.2) is 0 Å². The summed E-state index contributed by atoms with van der Waals surface area (Å²) in [6, 6.07) is 2.35. The smallest absolute Gasteiger partial charge is 0.0520 e. The van der Waals surface area contributed by atoms with Crippen molar-refractivity contribution < 1.29 is 0 Å². The van der Waals surface area contributed by atoms with Crippen LogP contribution in [0, 0.1) is 12.8 Å². The van der Waals surface area contributed by atoms with Crippen LogP contribution in [0.4, 0.5) is 0 Å². The maximum absolute atomic E-state index is 3.88. The Balaban J connectivity index is 2.20. The van der Waals surface area contributed by atoms with Crippen molar-refractivity contribution in [1.82, 2.24) is 0 Å². The van der Waals surface area contributed by atoms with Gasteiger partial charge in [0.1, 0.15) is 0 Å². The Morgan fingerprint density at radius 2 is 2.29 bits per heavy atom. The number of hydrogen-bond donors (Lipinski definition) is 0. The summed E-state index contributed by atoms with van der Waals surface area (Å²) >= 11 is 5.86. The molecule has 2 rings (SSSR count). The molecule has 78 valence electrons. The molecule has 0 aliphatic heterocycles. The quantitative estimate of drug-likeness (QED) is 0.690. The number of alkyl halides is 1. The Morgan fingerprint density at radius 3 is 2.79 bits per heavy atom. The van der Waals surface area contributed by atoms with E-state index in [0.29, 0.717) is 4.83 Å². The fourth-order valence-electron chi connectivity index (χ4n) is 2.04. The first-order valence-corrected chi connectivity index (χ1v) is 7.19. The molecule has 1 unspecified atom stereocenters. The fraction of sp³-hybridized carbons (Fsp3) is 0.667. The van der Waals surface area contributed by atoms with Crippen molar-refractivity contribution in [1.29, 1.82) is 0 Å². The van der Waals surface area contributed by atoms with E-state index in [4.69, 9.17) is 0 Å². The summed E-state index contributed by atoms with van der Waals surface area (Å²) in [5, 5.41) is 0. The Morgan fingerprint density at radius 1 is 1.57 bits per heavy atom. The molecule has 1 heterocycles. The molecule has 0 aromatic carbocycles. The van der Waals surface area contributed by atoms with Crippen molar-refractivity contribution in [3.05, 3.63) is 21.4 Å². The van der Waals surface area contributed by atoms with Gasteiger partial charge in [-0.05, 0) is 43.7 Å². The van der Waals surface area contributed by atoms with Crippen molar-refractivity contribution in [2.24, 2.45) is 5.92 Å². The molecule has 0 bridgehead atoms. The van der Waals surface area contributed by atoms with Gasteiger partial charge in [-0.3, -0.25) is 0 Å². The Kier molecular flexibility index (Phi) is 3.33. The molecule has 1 aromatic rings. The van der Waals surface area contributed by atoms with E-state index in [1.54, 1.807) is 10.4 Å². The van der Waals surface area contributed by atoms with Gasteiger partial charge in [0.05, 0.1) is 4.83 Å². The topological polar surface area (TPSA) is 0 Å². The van der Waals surface area contributed by atoms with Crippen LogP contribution in [0.1, 0.15) is 46.3 Å². The summed E-state index contributed by atoms with van der Waals surface area (Å²) in [5.74, 6) is 0.901. The third-order valence-electron chi connectivity index (χ3n) is 3.16. The minimum atomic E-state index is 0.630. The molecule has 1 aliphatic rings. The van der Waals surface area contributed by atoms with Gasteiger partial charge in [0.2, 0.25) is 0 Å². The fourth-order valence-corrected chi connectivity index (χ4v) is 4.33. The number of rotatable bonds is 3. The minimum Gasteiger partial charge on any atom is -0.144 e. The molecule has 1 atom stereocenters. The highest BCUT2D eigenvalue weighted by Gasteiger charge is 2.28. The third-order valence-corrected chi connectivity index (χ3v) is 5.84. The molecule has 0 N–H and O–H groups in total. The van der Waals surface area contributed by atoms with Gasteiger partial charge in [-0.25, -0.2) is 0 Å². The van der Waals surface area contributed by atoms with E-state index in [1.165, 1.54) is 30.6 Å². The van der Waals surface area contributed by atoms with E-state index in [1.807, 2.05) is 11.3 Å². The average Bonchev–Trinajstić information content (AvgIpc) is 2.43. The van der Waals surface area contributed by atoms with E-state index >= 15 is 0 Å². The number of thiophene rings is 1. The van der Waals surface area contributed by atoms with E-state index in [0.717, 1.165) is 5.92 Å². The average molecular weight is 273 g/mol. The van der Waals surface area contributed by atoms with Crippen molar-refractivity contribution in [3.8, 4) is 0 Å². The second kappa shape index (κ2) is 4.36. The number of halogens is 1. The van der Waals surface area contributed by atoms with Crippen LogP contribution >= 0.6 is 27.3 Å². The van der Waals surface area contributed by atoms with Crippen molar-refractivity contribution >= 4 is 27.3 Å². The van der Waals surface area contributed by atoms with Crippen LogP contribution in [0.25, 0.3) is 0 Å². The highest BCUT2D eigenvalue weighted by Crippen LogP contribution is 2.46. The summed E-state index contributed by atoms with van der Waals surface area (Å²) in [6.07, 6.45) is 5.43. The summed E-state index contributed by atoms with van der Waals surface area (Å²) in [6.45, 7) is 4.47. The molecule has 0 amide bonds. The lowest BCUT2D eigenvalue weighted by Crippen LogP contribution is -2.16. The van der Waals surface area contributed by atoms with Gasteiger partial charge in [-0.2, -0.15) is 0 Å². The monoisotopic (exact) mass is 272 g/mol. The molecular formula is C12H17BrS. The normalized spacial score (nSPS) is 19.4. The van der Waals surface area contributed by atoms with Gasteiger partial charge in [-0.15, -0.1) is 11.3 Å². The van der Waals surface area contributed by atoms with Crippen LogP contribution in [0.15, 0.2) is 6.07 Å². The van der Waals surface area contributed by atoms with Crippen molar-refractivity contribution in [3.63, 3.8) is 0 Å². The van der Waals surface area contributed by atoms with Gasteiger partial charge < -0.3 is 0 Å². The molecule has 1 aromatic heterocycles. The maximum Gasteiger partial charge on any atom is 0.0520 e. The Labute approximate surface area is 98.9 Å². The summed E-state index contributed by atoms with van der Waals surface area (Å²) in [4.78, 5) is 3.68. The molecular weight excluding hydrogens is 256 g/mol. The number of hydrogen-bond acceptors (Lipinski definition) is 1. The third kappa shape index (κ3) is 1.92. The summed E-state index contributed by atoms with van der Waals surface area (Å²) < 4.78 is 0. The van der Waals surface area contributed by atoms with E-state index < -0.39 is 0 Å². The zero-order valence-electron chi connectivity index (χ0n) is 8.85. The second-order valence-electron chi connectivity index (χ2n) is 4.19. The van der Waals surface area contributed by atoms with E-state index in [9.17, 15) is 0 Å². The van der Waals surface area contributed by atoms with Gasteiger partial charge in [-0.1, -0.05) is 29.3 Å². The molecule has 0 nitrogen and oxygen atoms in total. The SMILES string of the molecule is CCc1cc(C)sc1C(Br)C1CCC1. The molecule has 0 radical (unpaired) electrons. The molecule has 2 heteroatoms. The highest BCUT2D eigenvalue weighted by atomic mass is 79.9. The molecule has 1 fully saturated rings. The van der Waals surface area contributed by atoms with Crippen LogP contribution in [0.2, 0.25) is 0 Å². The first-order valence-electron chi connectivity index (χ1n) is 5.45. The number of aryl methyl sites for hydroxylation is 2. The van der Waals surface area contributed by atoms with E-state index in [-0.39, 0.29) is 0 Å². The molecule has 1 aliphatic carbocycles. The zero-order valence-corrected chi connectivity index (χ0v) is 11.2. The second-order valence-corrected chi connectivity index (χ2v) is 6.47. The van der Waals surface area contributed by atoms with Gasteiger partial charge in [0.25, 0.3) is 0 Å². The predicted molar refractivity (Wildman–Crippen MR) is 67.4 cm³/mol. The van der Waals surface area contributed by atoms with Crippen molar-refractivity contribution in [2.75, 3.05) is 0 Å². The van der Waals surface area contributed by atoms with Gasteiger partial charge >= 0.3 is 0 Å². The lowest BCUT2D eigenvalue weighted by atomic mass is 9.82. The van der Waals surface area contributed by atoms with Crippen molar-refractivity contribution in [2.45, 2.75) is 44.4 Å². The van der Waals surface area contributed by atoms with Crippen LogP contribution in [-0.4, -0.2) is 0 Å². The Hall–Kier alpha value is 0.180. The first-order chi connectivity index (χ1) is 6.72. The van der Waals surface area contributed by atoms with Crippen LogP contribution in [0.5, 0.6) is 0 Å². The van der Waals surface area contributed by atoms with Crippen LogP contribution < -0.4 is 0 Å². The summed E-state index contributed by atoms with van der Waals surface area (Å²) in [7, 11) is 0. The molecule has 0 spiro atoms. The first kappa shape index (κ1) is 10.7.